The third-order valence-electron chi connectivity index (χ3n) is 7.40. The molecule has 2 unspecified atom stereocenters. The predicted molar refractivity (Wildman–Crippen MR) is 136 cm³/mol. The largest absolute Gasteiger partial charge is 0.370 e. The van der Waals surface area contributed by atoms with Gasteiger partial charge in [0.15, 0.2) is 5.69 Å². The number of carbonyl (C=O) groups is 4. The van der Waals surface area contributed by atoms with Gasteiger partial charge in [0.1, 0.15) is 18.4 Å². The molecule has 2 bridgehead atoms. The highest BCUT2D eigenvalue weighted by Gasteiger charge is 2.51. The van der Waals surface area contributed by atoms with E-state index in [0.29, 0.717) is 17.3 Å². The van der Waals surface area contributed by atoms with Crippen LogP contribution in [0.15, 0.2) is 42.5 Å². The molecule has 1 saturated heterocycles. The highest BCUT2D eigenvalue weighted by Crippen LogP contribution is 2.43. The quantitative estimate of drug-likeness (QED) is 0.399. The smallest absolute Gasteiger partial charge is 0.269 e. The van der Waals surface area contributed by atoms with E-state index in [1.807, 2.05) is 0 Å². The summed E-state index contributed by atoms with van der Waals surface area (Å²) < 4.78 is 16.2. The van der Waals surface area contributed by atoms with E-state index in [1.165, 1.54) is 22.9 Å². The van der Waals surface area contributed by atoms with Crippen LogP contribution < -0.4 is 16.8 Å². The summed E-state index contributed by atoms with van der Waals surface area (Å²) in [5.41, 5.74) is 11.5. The molecule has 10 nitrogen and oxygen atoms in total. The second-order valence-electron chi connectivity index (χ2n) is 9.74. The lowest BCUT2D eigenvalue weighted by Crippen LogP contribution is -2.54. The van der Waals surface area contributed by atoms with Crippen LogP contribution in [0.4, 0.5) is 4.39 Å². The van der Waals surface area contributed by atoms with Crippen molar-refractivity contribution in [2.75, 3.05) is 0 Å². The zero-order valence-corrected chi connectivity index (χ0v) is 21.0. The Labute approximate surface area is 222 Å². The minimum atomic E-state index is -1.05. The van der Waals surface area contributed by atoms with Crippen molar-refractivity contribution in [3.63, 3.8) is 0 Å². The molecule has 0 radical (unpaired) electrons. The molecule has 3 aromatic rings. The Hall–Kier alpha value is -3.99. The van der Waals surface area contributed by atoms with Gasteiger partial charge in [-0.15, -0.1) is 0 Å². The number of aromatic nitrogens is 2. The molecule has 4 amide bonds. The fourth-order valence-electron chi connectivity index (χ4n) is 5.81. The van der Waals surface area contributed by atoms with Crippen LogP contribution in [0.5, 0.6) is 0 Å². The van der Waals surface area contributed by atoms with Crippen LogP contribution in [0.1, 0.15) is 47.8 Å². The van der Waals surface area contributed by atoms with Gasteiger partial charge in [-0.05, 0) is 37.3 Å². The number of piperidine rings is 1. The molecular weight excluding hydrogens is 515 g/mol. The van der Waals surface area contributed by atoms with Gasteiger partial charge in [0.05, 0.1) is 23.0 Å². The first-order chi connectivity index (χ1) is 18.2. The summed E-state index contributed by atoms with van der Waals surface area (Å²) in [6.07, 6.45) is 1.82. The molecule has 2 heterocycles. The van der Waals surface area contributed by atoms with Crippen LogP contribution in [-0.4, -0.2) is 50.4 Å². The molecule has 38 heavy (non-hydrogen) atoms. The number of fused-ring (bicyclic) bond motifs is 3. The summed E-state index contributed by atoms with van der Waals surface area (Å²) in [6.45, 7) is -0.200. The molecule has 1 aliphatic carbocycles. The molecule has 4 atom stereocenters. The Balaban J connectivity index is 1.41. The zero-order valence-electron chi connectivity index (χ0n) is 20.3. The van der Waals surface area contributed by atoms with Crippen molar-refractivity contribution in [2.45, 2.75) is 50.4 Å². The maximum absolute atomic E-state index is 14.8. The number of para-hydroxylation sites is 1. The highest BCUT2D eigenvalue weighted by molar-refractivity contribution is 6.30. The molecule has 198 valence electrons. The maximum atomic E-state index is 14.8. The van der Waals surface area contributed by atoms with Gasteiger partial charge in [-0.2, -0.15) is 5.10 Å². The lowest BCUT2D eigenvalue weighted by Gasteiger charge is -2.35. The lowest BCUT2D eigenvalue weighted by molar-refractivity contribution is -0.143. The number of carbonyl (C=O) groups excluding carboxylic acids is 4. The molecular formula is C26H26ClFN6O4. The molecule has 0 spiro atoms. The van der Waals surface area contributed by atoms with E-state index in [4.69, 9.17) is 23.1 Å². The van der Waals surface area contributed by atoms with Crippen molar-refractivity contribution in [1.29, 1.82) is 0 Å². The van der Waals surface area contributed by atoms with Crippen LogP contribution in [0.3, 0.4) is 0 Å². The number of benzene rings is 2. The number of nitrogens with two attached hydrogens (primary N) is 2. The minimum Gasteiger partial charge on any atom is -0.370 e. The zero-order chi connectivity index (χ0) is 27.1. The van der Waals surface area contributed by atoms with Gasteiger partial charge in [0.25, 0.3) is 5.91 Å². The molecule has 2 aromatic carbocycles. The Morgan fingerprint density at radius 2 is 1.87 bits per heavy atom. The summed E-state index contributed by atoms with van der Waals surface area (Å²) in [4.78, 5) is 52.4. The van der Waals surface area contributed by atoms with Gasteiger partial charge in [-0.1, -0.05) is 41.9 Å². The maximum Gasteiger partial charge on any atom is 0.269 e. The number of hydrogen-bond donors (Lipinski definition) is 3. The Morgan fingerprint density at radius 3 is 2.61 bits per heavy atom. The molecule has 1 saturated carbocycles. The molecule has 1 aromatic heterocycles. The van der Waals surface area contributed by atoms with Gasteiger partial charge in [0.2, 0.25) is 17.7 Å². The van der Waals surface area contributed by atoms with E-state index in [-0.39, 0.29) is 47.1 Å². The SMILES string of the molecule is NC(=O)CC(NC(=O)C1[C@H]2CC[C@H](C2)N1C(=O)Cn1nc(C(N)=O)c2ccccc21)c1cccc(Cl)c1F. The van der Waals surface area contributed by atoms with E-state index in [2.05, 4.69) is 10.4 Å². The van der Waals surface area contributed by atoms with E-state index in [9.17, 15) is 23.6 Å². The summed E-state index contributed by atoms with van der Waals surface area (Å²) in [5.74, 6) is -3.12. The first-order valence-electron chi connectivity index (χ1n) is 12.2. The Kier molecular flexibility index (Phi) is 6.78. The fraction of sp³-hybridized carbons (Fsp3) is 0.346. The highest BCUT2D eigenvalue weighted by atomic mass is 35.5. The number of rotatable bonds is 8. The van der Waals surface area contributed by atoms with Gasteiger partial charge in [-0.3, -0.25) is 23.9 Å². The first kappa shape index (κ1) is 25.7. The topological polar surface area (TPSA) is 153 Å². The van der Waals surface area contributed by atoms with E-state index in [0.717, 1.165) is 12.8 Å². The molecule has 5 N–H and O–H groups in total. The van der Waals surface area contributed by atoms with Crippen LogP contribution in [0.25, 0.3) is 10.9 Å². The average Bonchev–Trinajstić information content (AvgIpc) is 3.58. The van der Waals surface area contributed by atoms with Crippen molar-refractivity contribution >= 4 is 46.1 Å². The van der Waals surface area contributed by atoms with Crippen molar-refractivity contribution in [3.8, 4) is 0 Å². The number of nitrogens with one attached hydrogen (secondary N) is 1. The first-order valence-corrected chi connectivity index (χ1v) is 12.6. The van der Waals surface area contributed by atoms with Crippen molar-refractivity contribution in [3.05, 3.63) is 64.6 Å². The summed E-state index contributed by atoms with van der Waals surface area (Å²) in [7, 11) is 0. The number of amides is 4. The van der Waals surface area contributed by atoms with E-state index < -0.39 is 35.6 Å². The number of hydrogen-bond acceptors (Lipinski definition) is 5. The summed E-state index contributed by atoms with van der Waals surface area (Å²) in [6, 6.07) is 9.24. The number of likely N-dealkylation sites (tertiary alicyclic amines) is 1. The summed E-state index contributed by atoms with van der Waals surface area (Å²) in [5, 5.41) is 7.38. The predicted octanol–water partition coefficient (Wildman–Crippen LogP) is 2.04. The molecule has 1 aliphatic heterocycles. The molecule has 2 fully saturated rings. The Morgan fingerprint density at radius 1 is 1.11 bits per heavy atom. The van der Waals surface area contributed by atoms with Crippen LogP contribution in [0, 0.1) is 11.7 Å². The van der Waals surface area contributed by atoms with Gasteiger partial charge in [-0.25, -0.2) is 4.39 Å². The van der Waals surface area contributed by atoms with Crippen LogP contribution in [0.2, 0.25) is 5.02 Å². The molecule has 12 heteroatoms. The average molecular weight is 541 g/mol. The van der Waals surface area contributed by atoms with Gasteiger partial charge in [0, 0.05) is 17.0 Å². The number of primary amides is 2. The molecule has 5 rings (SSSR count). The second kappa shape index (κ2) is 10.1. The van der Waals surface area contributed by atoms with E-state index in [1.54, 1.807) is 29.2 Å². The third-order valence-corrected chi connectivity index (χ3v) is 7.69. The van der Waals surface area contributed by atoms with Crippen molar-refractivity contribution in [2.24, 2.45) is 17.4 Å². The van der Waals surface area contributed by atoms with Gasteiger partial charge < -0.3 is 21.7 Å². The molecule has 2 aliphatic rings. The number of halogens is 2. The number of nitrogens with zero attached hydrogens (tertiary/aromatic N) is 3. The van der Waals surface area contributed by atoms with Gasteiger partial charge >= 0.3 is 0 Å². The van der Waals surface area contributed by atoms with Crippen LogP contribution >= 0.6 is 11.6 Å². The Bertz CT molecular complexity index is 1460. The van der Waals surface area contributed by atoms with Crippen molar-refractivity contribution < 1.29 is 23.6 Å². The monoisotopic (exact) mass is 540 g/mol. The fourth-order valence-corrected chi connectivity index (χ4v) is 5.99. The third kappa shape index (κ3) is 4.58. The summed E-state index contributed by atoms with van der Waals surface area (Å²) >= 11 is 5.92. The normalized spacial score (nSPS) is 21.0. The lowest BCUT2D eigenvalue weighted by atomic mass is 9.96. The minimum absolute atomic E-state index is 0.0349. The van der Waals surface area contributed by atoms with E-state index >= 15 is 0 Å². The van der Waals surface area contributed by atoms with Crippen molar-refractivity contribution in [1.82, 2.24) is 20.0 Å². The standard InChI is InChI=1S/C26H26ClFN6O4/c27-17-6-3-5-15(22(17)28)18(11-20(29)35)31-26(38)24-13-8-9-14(10-13)34(24)21(36)12-33-19-7-2-1-4-16(19)23(32-33)25(30)37/h1-7,13-14,18,24H,8-12H2,(H2,29,35)(H2,30,37)(H,31,38)/t13-,14+,18?,24?/m0/s1. The second-order valence-corrected chi connectivity index (χ2v) is 10.1. The van der Waals surface area contributed by atoms with Crippen LogP contribution in [-0.2, 0) is 20.9 Å².